The highest BCUT2D eigenvalue weighted by Gasteiger charge is 2.38. The molecule has 2 heterocycles. The van der Waals surface area contributed by atoms with Gasteiger partial charge in [-0.05, 0) is 56.2 Å². The van der Waals surface area contributed by atoms with E-state index in [1.165, 1.54) is 16.4 Å². The minimum absolute atomic E-state index is 0.00358. The zero-order valence-corrected chi connectivity index (χ0v) is 18.0. The number of nitrogens with one attached hydrogen (secondary N) is 1. The third kappa shape index (κ3) is 4.51. The molecule has 1 N–H and O–H groups in total. The molecule has 1 aliphatic carbocycles. The van der Waals surface area contributed by atoms with Gasteiger partial charge < -0.3 is 10.2 Å². The summed E-state index contributed by atoms with van der Waals surface area (Å²) in [6, 6.07) is 4.28. The van der Waals surface area contributed by atoms with Gasteiger partial charge in [-0.15, -0.1) is 0 Å². The zero-order chi connectivity index (χ0) is 21.5. The molecule has 1 aromatic carbocycles. The maximum Gasteiger partial charge on any atom is 0.243 e. The number of hydrogen-bond donors (Lipinski definition) is 1. The molecule has 9 heteroatoms. The van der Waals surface area contributed by atoms with Crippen molar-refractivity contribution in [3.05, 3.63) is 29.6 Å². The largest absolute Gasteiger partial charge is 0.353 e. The van der Waals surface area contributed by atoms with Gasteiger partial charge in [0.05, 0.1) is 10.8 Å². The maximum absolute atomic E-state index is 13.8. The average Bonchev–Trinajstić information content (AvgIpc) is 3.45. The van der Waals surface area contributed by atoms with E-state index in [1.54, 1.807) is 11.8 Å². The summed E-state index contributed by atoms with van der Waals surface area (Å²) in [5.41, 5.74) is 0.409. The molecule has 4 rings (SSSR count). The maximum atomic E-state index is 13.8. The highest BCUT2D eigenvalue weighted by Crippen LogP contribution is 2.28. The van der Waals surface area contributed by atoms with E-state index in [0.29, 0.717) is 44.6 Å². The molecule has 2 amide bonds. The lowest BCUT2D eigenvalue weighted by Gasteiger charge is -2.33. The smallest absolute Gasteiger partial charge is 0.243 e. The minimum Gasteiger partial charge on any atom is -0.353 e. The number of carbonyl (C=O) groups is 2. The van der Waals surface area contributed by atoms with Gasteiger partial charge in [0.1, 0.15) is 5.82 Å². The lowest BCUT2D eigenvalue weighted by atomic mass is 9.97. The Morgan fingerprint density at radius 2 is 1.90 bits per heavy atom. The van der Waals surface area contributed by atoms with Crippen LogP contribution < -0.4 is 5.32 Å². The number of aryl methyl sites for hydroxylation is 1. The van der Waals surface area contributed by atoms with Crippen molar-refractivity contribution in [1.29, 1.82) is 0 Å². The van der Waals surface area contributed by atoms with Gasteiger partial charge >= 0.3 is 0 Å². The predicted molar refractivity (Wildman–Crippen MR) is 108 cm³/mol. The van der Waals surface area contributed by atoms with E-state index >= 15 is 0 Å². The van der Waals surface area contributed by atoms with Gasteiger partial charge in [-0.2, -0.15) is 4.31 Å². The second-order valence-electron chi connectivity index (χ2n) is 8.74. The summed E-state index contributed by atoms with van der Waals surface area (Å²) in [5.74, 6) is -0.648. The molecule has 0 bridgehead atoms. The lowest BCUT2D eigenvalue weighted by molar-refractivity contribution is -0.129. The van der Waals surface area contributed by atoms with Crippen molar-refractivity contribution in [1.82, 2.24) is 14.5 Å². The normalized spacial score (nSPS) is 23.7. The van der Waals surface area contributed by atoms with Gasteiger partial charge in [0, 0.05) is 38.6 Å². The van der Waals surface area contributed by atoms with Gasteiger partial charge in [-0.1, -0.05) is 6.07 Å². The fourth-order valence-electron chi connectivity index (χ4n) is 4.20. The van der Waals surface area contributed by atoms with Crippen molar-refractivity contribution in [3.8, 4) is 0 Å². The summed E-state index contributed by atoms with van der Waals surface area (Å²) < 4.78 is 40.8. The first-order valence-electron chi connectivity index (χ1n) is 10.6. The van der Waals surface area contributed by atoms with E-state index in [4.69, 9.17) is 0 Å². The second-order valence-corrected chi connectivity index (χ2v) is 10.7. The molecular formula is C21H28FN3O4S. The molecule has 30 heavy (non-hydrogen) atoms. The molecule has 1 saturated carbocycles. The number of benzene rings is 1. The molecule has 7 nitrogen and oxygen atoms in total. The number of likely N-dealkylation sites (tertiary alicyclic amines) is 1. The molecule has 1 atom stereocenters. The van der Waals surface area contributed by atoms with Crippen LogP contribution in [0.5, 0.6) is 0 Å². The van der Waals surface area contributed by atoms with Crippen LogP contribution in [-0.2, 0) is 19.6 Å². The number of rotatable bonds is 6. The number of amides is 2. The SMILES string of the molecule is Cc1ccc(S(=O)(=O)N2CCC(CN3CC(C(=O)NC4CC4)CC3=O)CC2)cc1F. The zero-order valence-electron chi connectivity index (χ0n) is 17.1. The number of sulfonamides is 1. The fraction of sp³-hybridized carbons (Fsp3) is 0.619. The Bertz CT molecular complexity index is 940. The average molecular weight is 438 g/mol. The van der Waals surface area contributed by atoms with Crippen LogP contribution in [0.2, 0.25) is 0 Å². The minimum atomic E-state index is -3.73. The van der Waals surface area contributed by atoms with Gasteiger partial charge in [0.15, 0.2) is 0 Å². The van der Waals surface area contributed by atoms with Crippen LogP contribution in [0, 0.1) is 24.6 Å². The summed E-state index contributed by atoms with van der Waals surface area (Å²) >= 11 is 0. The molecule has 2 aliphatic heterocycles. The van der Waals surface area contributed by atoms with E-state index < -0.39 is 15.8 Å². The van der Waals surface area contributed by atoms with Crippen LogP contribution in [0.1, 0.15) is 37.7 Å². The van der Waals surface area contributed by atoms with Gasteiger partial charge in [0.2, 0.25) is 21.8 Å². The van der Waals surface area contributed by atoms with Gasteiger partial charge in [-0.25, -0.2) is 12.8 Å². The highest BCUT2D eigenvalue weighted by molar-refractivity contribution is 7.89. The van der Waals surface area contributed by atoms with Crippen LogP contribution >= 0.6 is 0 Å². The summed E-state index contributed by atoms with van der Waals surface area (Å²) in [7, 11) is -3.73. The van der Waals surface area contributed by atoms with E-state index in [0.717, 1.165) is 18.9 Å². The third-order valence-corrected chi connectivity index (χ3v) is 8.24. The molecule has 3 fully saturated rings. The van der Waals surface area contributed by atoms with E-state index in [9.17, 15) is 22.4 Å². The molecule has 164 valence electrons. The van der Waals surface area contributed by atoms with Crippen LogP contribution in [0.3, 0.4) is 0 Å². The Hall–Kier alpha value is -2.00. The number of hydrogen-bond acceptors (Lipinski definition) is 4. The fourth-order valence-corrected chi connectivity index (χ4v) is 5.68. The molecule has 1 unspecified atom stereocenters. The van der Waals surface area contributed by atoms with Crippen molar-refractivity contribution >= 4 is 21.8 Å². The summed E-state index contributed by atoms with van der Waals surface area (Å²) in [4.78, 5) is 26.3. The van der Waals surface area contributed by atoms with Gasteiger partial charge in [-0.3, -0.25) is 9.59 Å². The molecule has 2 saturated heterocycles. The van der Waals surface area contributed by atoms with Crippen LogP contribution in [0.15, 0.2) is 23.1 Å². The van der Waals surface area contributed by atoms with Crippen molar-refractivity contribution in [2.45, 2.75) is 50.0 Å². The third-order valence-electron chi connectivity index (χ3n) is 6.34. The predicted octanol–water partition coefficient (Wildman–Crippen LogP) is 1.66. The Morgan fingerprint density at radius 3 is 2.53 bits per heavy atom. The Balaban J connectivity index is 1.30. The van der Waals surface area contributed by atoms with E-state index in [1.807, 2.05) is 0 Å². The molecule has 0 radical (unpaired) electrons. The standard InChI is InChI=1S/C21H28FN3O4S/c1-14-2-5-18(11-19(14)22)30(28,29)25-8-6-15(7-9-25)12-24-13-16(10-20(24)26)21(27)23-17-3-4-17/h2,5,11,15-17H,3-4,6-10,12-13H2,1H3,(H,23,27). The number of carbonyl (C=O) groups excluding carboxylic acids is 2. The van der Waals surface area contributed by atoms with Crippen LogP contribution in [0.25, 0.3) is 0 Å². The van der Waals surface area contributed by atoms with Gasteiger partial charge in [0.25, 0.3) is 0 Å². The van der Waals surface area contributed by atoms with E-state index in [-0.39, 0.29) is 41.0 Å². The quantitative estimate of drug-likeness (QED) is 0.733. The number of halogens is 1. The first kappa shape index (κ1) is 21.2. The number of nitrogens with zero attached hydrogens (tertiary/aromatic N) is 2. The summed E-state index contributed by atoms with van der Waals surface area (Å²) in [5, 5.41) is 2.97. The van der Waals surface area contributed by atoms with Crippen LogP contribution in [0.4, 0.5) is 4.39 Å². The summed E-state index contributed by atoms with van der Waals surface area (Å²) in [6.45, 7) is 3.28. The topological polar surface area (TPSA) is 86.8 Å². The molecule has 1 aromatic rings. The number of piperidine rings is 1. The van der Waals surface area contributed by atoms with Crippen molar-refractivity contribution in [2.24, 2.45) is 11.8 Å². The Kier molecular flexibility index (Phi) is 5.85. The Morgan fingerprint density at radius 1 is 1.20 bits per heavy atom. The van der Waals surface area contributed by atoms with Crippen molar-refractivity contribution in [2.75, 3.05) is 26.2 Å². The molecule has 0 spiro atoms. The molecular weight excluding hydrogens is 409 g/mol. The van der Waals surface area contributed by atoms with Crippen molar-refractivity contribution < 1.29 is 22.4 Å². The first-order valence-corrected chi connectivity index (χ1v) is 12.0. The lowest BCUT2D eigenvalue weighted by Crippen LogP contribution is -2.42. The molecule has 3 aliphatic rings. The first-order chi connectivity index (χ1) is 14.2. The second kappa shape index (κ2) is 8.26. The van der Waals surface area contributed by atoms with Crippen molar-refractivity contribution in [3.63, 3.8) is 0 Å². The monoisotopic (exact) mass is 437 g/mol. The molecule has 0 aromatic heterocycles. The Labute approximate surface area is 176 Å². The highest BCUT2D eigenvalue weighted by atomic mass is 32.2. The van der Waals surface area contributed by atoms with Crippen LogP contribution in [-0.4, -0.2) is 61.7 Å². The summed E-state index contributed by atoms with van der Waals surface area (Å²) in [6.07, 6.45) is 3.57. The van der Waals surface area contributed by atoms with E-state index in [2.05, 4.69) is 5.32 Å².